The topological polar surface area (TPSA) is 3.24 Å². The first-order chi connectivity index (χ1) is 9.73. The smallest absolute Gasteiger partial charge is 0.0214 e. The zero-order chi connectivity index (χ0) is 13.6. The van der Waals surface area contributed by atoms with Crippen molar-refractivity contribution in [1.29, 1.82) is 0 Å². The van der Waals surface area contributed by atoms with Crippen LogP contribution in [0.5, 0.6) is 0 Å². The van der Waals surface area contributed by atoms with E-state index in [1.54, 1.807) is 19.3 Å². The molecule has 108 valence electrons. The van der Waals surface area contributed by atoms with Crippen LogP contribution in [-0.2, 0) is 6.42 Å². The third-order valence-electron chi connectivity index (χ3n) is 6.39. The summed E-state index contributed by atoms with van der Waals surface area (Å²) in [6, 6.07) is 11.0. The molecule has 0 aromatic heterocycles. The van der Waals surface area contributed by atoms with Gasteiger partial charge in [0.05, 0.1) is 0 Å². The average molecular weight is 269 g/mol. The van der Waals surface area contributed by atoms with Crippen molar-refractivity contribution >= 4 is 0 Å². The van der Waals surface area contributed by atoms with Crippen LogP contribution in [0.4, 0.5) is 0 Å². The fraction of sp³-hybridized carbons (Fsp3) is 0.684. The molecule has 4 bridgehead atoms. The Morgan fingerprint density at radius 3 is 2.05 bits per heavy atom. The molecule has 1 aromatic carbocycles. The fourth-order valence-corrected chi connectivity index (χ4v) is 5.71. The molecule has 20 heavy (non-hydrogen) atoms. The van der Waals surface area contributed by atoms with Gasteiger partial charge in [0.15, 0.2) is 0 Å². The monoisotopic (exact) mass is 269 g/mol. The van der Waals surface area contributed by atoms with Crippen molar-refractivity contribution < 1.29 is 0 Å². The molecule has 0 saturated heterocycles. The molecular formula is C19H27N. The standard InChI is InChI=1S/C19H27N/c1-20(8-7-15-5-3-2-4-6-15)19-12-16-9-17(13-19)11-18(10-16)14-19/h2-6,16-18H,7-14H2,1H3. The molecule has 0 aliphatic heterocycles. The van der Waals surface area contributed by atoms with E-state index in [0.717, 1.165) is 17.8 Å². The third kappa shape index (κ3) is 2.20. The molecule has 0 atom stereocenters. The predicted octanol–water partition coefficient (Wildman–Crippen LogP) is 4.13. The molecule has 1 heteroatoms. The Labute approximate surface area is 123 Å². The molecule has 4 fully saturated rings. The molecule has 1 aromatic rings. The minimum Gasteiger partial charge on any atom is -0.300 e. The third-order valence-corrected chi connectivity index (χ3v) is 6.39. The van der Waals surface area contributed by atoms with Gasteiger partial charge in [0.25, 0.3) is 0 Å². The number of benzene rings is 1. The minimum atomic E-state index is 0.573. The number of nitrogens with zero attached hydrogens (tertiary/aromatic N) is 1. The van der Waals surface area contributed by atoms with Crippen molar-refractivity contribution in [2.75, 3.05) is 13.6 Å². The van der Waals surface area contributed by atoms with Gasteiger partial charge in [-0.1, -0.05) is 30.3 Å². The maximum absolute atomic E-state index is 2.74. The lowest BCUT2D eigenvalue weighted by Crippen LogP contribution is -2.59. The molecule has 5 rings (SSSR count). The maximum atomic E-state index is 2.74. The molecule has 0 radical (unpaired) electrons. The van der Waals surface area contributed by atoms with Crippen molar-refractivity contribution in [2.45, 2.75) is 50.5 Å². The van der Waals surface area contributed by atoms with Crippen molar-refractivity contribution in [3.8, 4) is 0 Å². The van der Waals surface area contributed by atoms with E-state index >= 15 is 0 Å². The van der Waals surface area contributed by atoms with Crippen molar-refractivity contribution in [3.63, 3.8) is 0 Å². The van der Waals surface area contributed by atoms with Gasteiger partial charge >= 0.3 is 0 Å². The Hall–Kier alpha value is -0.820. The summed E-state index contributed by atoms with van der Waals surface area (Å²) in [6.45, 7) is 1.23. The first-order valence-electron chi connectivity index (χ1n) is 8.49. The van der Waals surface area contributed by atoms with Gasteiger partial charge in [-0.05, 0) is 75.3 Å². The second kappa shape index (κ2) is 4.87. The van der Waals surface area contributed by atoms with Crippen molar-refractivity contribution in [1.82, 2.24) is 4.90 Å². The van der Waals surface area contributed by atoms with Crippen LogP contribution < -0.4 is 0 Å². The second-order valence-corrected chi connectivity index (χ2v) is 7.80. The molecule has 1 nitrogen and oxygen atoms in total. The van der Waals surface area contributed by atoms with Gasteiger partial charge in [0.1, 0.15) is 0 Å². The lowest BCUT2D eigenvalue weighted by atomic mass is 9.52. The highest BCUT2D eigenvalue weighted by Gasteiger charge is 2.52. The van der Waals surface area contributed by atoms with Crippen molar-refractivity contribution in [2.24, 2.45) is 17.8 Å². The SMILES string of the molecule is CN(CCc1ccccc1)C12CC3CC(CC(C3)C1)C2. The summed E-state index contributed by atoms with van der Waals surface area (Å²) in [6.07, 6.45) is 10.3. The maximum Gasteiger partial charge on any atom is 0.0214 e. The van der Waals surface area contributed by atoms with E-state index in [-0.39, 0.29) is 0 Å². The molecule has 0 N–H and O–H groups in total. The van der Waals surface area contributed by atoms with E-state index < -0.39 is 0 Å². The normalized spacial score (nSPS) is 38.6. The second-order valence-electron chi connectivity index (χ2n) is 7.80. The van der Waals surface area contributed by atoms with Crippen LogP contribution >= 0.6 is 0 Å². The fourth-order valence-electron chi connectivity index (χ4n) is 5.71. The Kier molecular flexibility index (Phi) is 3.14. The van der Waals surface area contributed by atoms with Crippen LogP contribution in [0, 0.1) is 17.8 Å². The Balaban J connectivity index is 1.44. The van der Waals surface area contributed by atoms with Crippen LogP contribution in [0.2, 0.25) is 0 Å². The summed E-state index contributed by atoms with van der Waals surface area (Å²) >= 11 is 0. The Morgan fingerprint density at radius 2 is 1.50 bits per heavy atom. The summed E-state index contributed by atoms with van der Waals surface area (Å²) in [5.41, 5.74) is 2.06. The van der Waals surface area contributed by atoms with Crippen LogP contribution in [0.25, 0.3) is 0 Å². The van der Waals surface area contributed by atoms with Gasteiger partial charge < -0.3 is 4.90 Å². The number of hydrogen-bond acceptors (Lipinski definition) is 1. The van der Waals surface area contributed by atoms with Crippen LogP contribution in [0.1, 0.15) is 44.1 Å². The van der Waals surface area contributed by atoms with E-state index in [9.17, 15) is 0 Å². The first kappa shape index (κ1) is 12.9. The van der Waals surface area contributed by atoms with E-state index in [1.165, 1.54) is 37.8 Å². The zero-order valence-corrected chi connectivity index (χ0v) is 12.7. The predicted molar refractivity (Wildman–Crippen MR) is 83.7 cm³/mol. The molecule has 4 saturated carbocycles. The van der Waals surface area contributed by atoms with Gasteiger partial charge in [-0.2, -0.15) is 0 Å². The van der Waals surface area contributed by atoms with Gasteiger partial charge in [-0.3, -0.25) is 0 Å². The van der Waals surface area contributed by atoms with E-state index in [0.29, 0.717) is 5.54 Å². The number of likely N-dealkylation sites (N-methyl/N-ethyl adjacent to an activating group) is 1. The largest absolute Gasteiger partial charge is 0.300 e. The molecular weight excluding hydrogens is 242 g/mol. The summed E-state index contributed by atoms with van der Waals surface area (Å²) in [5.74, 6) is 3.17. The Morgan fingerprint density at radius 1 is 0.950 bits per heavy atom. The van der Waals surface area contributed by atoms with E-state index in [4.69, 9.17) is 0 Å². The van der Waals surface area contributed by atoms with Gasteiger partial charge in [-0.15, -0.1) is 0 Å². The summed E-state index contributed by atoms with van der Waals surface area (Å²) in [7, 11) is 2.40. The molecule has 0 spiro atoms. The van der Waals surface area contributed by atoms with Gasteiger partial charge in [-0.25, -0.2) is 0 Å². The summed E-state index contributed by atoms with van der Waals surface area (Å²) in [4.78, 5) is 2.74. The first-order valence-corrected chi connectivity index (χ1v) is 8.49. The van der Waals surface area contributed by atoms with Gasteiger partial charge in [0.2, 0.25) is 0 Å². The molecule has 0 amide bonds. The van der Waals surface area contributed by atoms with Crippen LogP contribution in [0.3, 0.4) is 0 Å². The average Bonchev–Trinajstić information content (AvgIpc) is 2.44. The zero-order valence-electron chi connectivity index (χ0n) is 12.7. The van der Waals surface area contributed by atoms with Crippen LogP contribution in [-0.4, -0.2) is 24.0 Å². The minimum absolute atomic E-state index is 0.573. The lowest BCUT2D eigenvalue weighted by Gasteiger charge is -2.60. The van der Waals surface area contributed by atoms with E-state index in [2.05, 4.69) is 42.3 Å². The quantitative estimate of drug-likeness (QED) is 0.794. The summed E-state index contributed by atoms with van der Waals surface area (Å²) < 4.78 is 0. The van der Waals surface area contributed by atoms with Gasteiger partial charge in [0, 0.05) is 12.1 Å². The summed E-state index contributed by atoms with van der Waals surface area (Å²) in [5, 5.41) is 0. The molecule has 0 heterocycles. The molecule has 4 aliphatic carbocycles. The molecule has 0 unspecified atom stereocenters. The lowest BCUT2D eigenvalue weighted by molar-refractivity contribution is -0.0785. The highest BCUT2D eigenvalue weighted by Crippen LogP contribution is 2.57. The molecule has 4 aliphatic rings. The van der Waals surface area contributed by atoms with Crippen LogP contribution in [0.15, 0.2) is 30.3 Å². The highest BCUT2D eigenvalue weighted by molar-refractivity contribution is 5.15. The van der Waals surface area contributed by atoms with Crippen molar-refractivity contribution in [3.05, 3.63) is 35.9 Å². The number of hydrogen-bond donors (Lipinski definition) is 0. The Bertz CT molecular complexity index is 429. The van der Waals surface area contributed by atoms with E-state index in [1.807, 2.05) is 0 Å². The number of rotatable bonds is 4. The highest BCUT2D eigenvalue weighted by atomic mass is 15.2.